The van der Waals surface area contributed by atoms with Crippen LogP contribution in [-0.2, 0) is 0 Å². The van der Waals surface area contributed by atoms with Crippen LogP contribution in [-0.4, -0.2) is 18.2 Å². The molecule has 14 heavy (non-hydrogen) atoms. The smallest absolute Gasteiger partial charge is 0.335 e. The predicted octanol–water partition coefficient (Wildman–Crippen LogP) is 1.10. The minimum Gasteiger partial charge on any atom is -0.495 e. The van der Waals surface area contributed by atoms with Crippen molar-refractivity contribution < 1.29 is 14.6 Å². The molecular formula is C8H11ClN2O3. The third-order valence-corrected chi connectivity index (χ3v) is 1.60. The van der Waals surface area contributed by atoms with Crippen LogP contribution in [0.5, 0.6) is 5.75 Å². The molecule has 5 nitrogen and oxygen atoms in total. The fraction of sp³-hybridized carbons (Fsp3) is 0.125. The van der Waals surface area contributed by atoms with Gasteiger partial charge >= 0.3 is 5.97 Å². The van der Waals surface area contributed by atoms with Crippen molar-refractivity contribution in [2.24, 2.45) is 5.84 Å². The zero-order valence-electron chi connectivity index (χ0n) is 7.48. The summed E-state index contributed by atoms with van der Waals surface area (Å²) in [7, 11) is 1.45. The van der Waals surface area contributed by atoms with Gasteiger partial charge < -0.3 is 15.3 Å². The summed E-state index contributed by atoms with van der Waals surface area (Å²) in [5.41, 5.74) is 3.11. The molecule has 0 bridgehead atoms. The van der Waals surface area contributed by atoms with E-state index in [1.807, 2.05) is 0 Å². The quantitative estimate of drug-likeness (QED) is 0.523. The van der Waals surface area contributed by atoms with E-state index in [1.54, 1.807) is 6.07 Å². The SMILES string of the molecule is COc1cc(C(=O)O)ccc1NN.Cl. The van der Waals surface area contributed by atoms with E-state index in [-0.39, 0.29) is 18.0 Å². The van der Waals surface area contributed by atoms with E-state index in [9.17, 15) is 4.79 Å². The van der Waals surface area contributed by atoms with Gasteiger partial charge in [0, 0.05) is 0 Å². The second kappa shape index (κ2) is 5.31. The van der Waals surface area contributed by atoms with Gasteiger partial charge in [0.25, 0.3) is 0 Å². The van der Waals surface area contributed by atoms with E-state index in [0.717, 1.165) is 0 Å². The molecule has 0 aliphatic heterocycles. The molecular weight excluding hydrogens is 208 g/mol. The van der Waals surface area contributed by atoms with Crippen LogP contribution in [0.1, 0.15) is 10.4 Å². The second-order valence-corrected chi connectivity index (χ2v) is 2.36. The topological polar surface area (TPSA) is 84.6 Å². The number of hydrazine groups is 1. The number of carbonyl (C=O) groups is 1. The Morgan fingerprint density at radius 1 is 1.57 bits per heavy atom. The number of ether oxygens (including phenoxy) is 1. The minimum absolute atomic E-state index is 0. The van der Waals surface area contributed by atoms with Crippen molar-refractivity contribution >= 4 is 24.1 Å². The van der Waals surface area contributed by atoms with Crippen LogP contribution >= 0.6 is 12.4 Å². The number of nitrogens with two attached hydrogens (primary N) is 1. The first kappa shape index (κ1) is 12.5. The number of carboxylic acids is 1. The number of rotatable bonds is 3. The standard InChI is InChI=1S/C8H10N2O3.ClH/c1-13-7-4-5(8(11)12)2-3-6(7)10-9;/h2-4,10H,9H2,1H3,(H,11,12);1H. The highest BCUT2D eigenvalue weighted by molar-refractivity contribution is 5.89. The maximum Gasteiger partial charge on any atom is 0.335 e. The molecule has 1 aromatic rings. The number of hydrogen-bond donors (Lipinski definition) is 3. The lowest BCUT2D eigenvalue weighted by molar-refractivity contribution is 0.0696. The van der Waals surface area contributed by atoms with Gasteiger partial charge in [0.2, 0.25) is 0 Å². The largest absolute Gasteiger partial charge is 0.495 e. The zero-order valence-corrected chi connectivity index (χ0v) is 8.30. The summed E-state index contributed by atoms with van der Waals surface area (Å²) in [4.78, 5) is 10.6. The number of nitrogen functional groups attached to an aromatic ring is 1. The van der Waals surface area contributed by atoms with Gasteiger partial charge in [0.15, 0.2) is 0 Å². The van der Waals surface area contributed by atoms with Crippen molar-refractivity contribution in [3.63, 3.8) is 0 Å². The van der Waals surface area contributed by atoms with Crippen LogP contribution in [0.4, 0.5) is 5.69 Å². The highest BCUT2D eigenvalue weighted by Crippen LogP contribution is 2.24. The number of anilines is 1. The fourth-order valence-electron chi connectivity index (χ4n) is 0.943. The molecule has 6 heteroatoms. The molecule has 0 saturated heterocycles. The Labute approximate surface area is 87.2 Å². The number of aromatic carboxylic acids is 1. The third kappa shape index (κ3) is 2.51. The molecule has 0 aliphatic carbocycles. The van der Waals surface area contributed by atoms with Crippen LogP contribution in [0.2, 0.25) is 0 Å². The van der Waals surface area contributed by atoms with Crippen molar-refractivity contribution in [1.82, 2.24) is 0 Å². The van der Waals surface area contributed by atoms with Gasteiger partial charge in [-0.05, 0) is 18.2 Å². The minimum atomic E-state index is -0.998. The van der Waals surface area contributed by atoms with E-state index < -0.39 is 5.97 Å². The average molecular weight is 219 g/mol. The molecule has 0 aliphatic rings. The molecule has 0 amide bonds. The Morgan fingerprint density at radius 2 is 2.21 bits per heavy atom. The lowest BCUT2D eigenvalue weighted by Crippen LogP contribution is -2.08. The Hall–Kier alpha value is -1.46. The Morgan fingerprint density at radius 3 is 2.64 bits per heavy atom. The third-order valence-electron chi connectivity index (χ3n) is 1.60. The first-order valence-corrected chi connectivity index (χ1v) is 3.57. The van der Waals surface area contributed by atoms with E-state index in [0.29, 0.717) is 11.4 Å². The summed E-state index contributed by atoms with van der Waals surface area (Å²) >= 11 is 0. The van der Waals surface area contributed by atoms with Gasteiger partial charge in [-0.1, -0.05) is 0 Å². The van der Waals surface area contributed by atoms with E-state index in [2.05, 4.69) is 5.43 Å². The molecule has 0 saturated carbocycles. The van der Waals surface area contributed by atoms with Crippen LogP contribution in [0.3, 0.4) is 0 Å². The van der Waals surface area contributed by atoms with Gasteiger partial charge in [0.1, 0.15) is 5.75 Å². The summed E-state index contributed by atoms with van der Waals surface area (Å²) < 4.78 is 4.92. The fourth-order valence-corrected chi connectivity index (χ4v) is 0.943. The predicted molar refractivity (Wildman–Crippen MR) is 55.0 cm³/mol. The first-order valence-electron chi connectivity index (χ1n) is 3.57. The second-order valence-electron chi connectivity index (χ2n) is 2.36. The van der Waals surface area contributed by atoms with Crippen LogP contribution in [0.25, 0.3) is 0 Å². The summed E-state index contributed by atoms with van der Waals surface area (Å²) in [6.45, 7) is 0. The molecule has 1 rings (SSSR count). The summed E-state index contributed by atoms with van der Waals surface area (Å²) in [6, 6.07) is 4.39. The highest BCUT2D eigenvalue weighted by atomic mass is 35.5. The number of carboxylic acid groups (broad SMARTS) is 1. The molecule has 0 unspecified atom stereocenters. The molecule has 0 atom stereocenters. The zero-order chi connectivity index (χ0) is 9.84. The van der Waals surface area contributed by atoms with Gasteiger partial charge in [0.05, 0.1) is 18.4 Å². The molecule has 0 fully saturated rings. The Balaban J connectivity index is 0.00000169. The van der Waals surface area contributed by atoms with Gasteiger partial charge in [-0.25, -0.2) is 4.79 Å². The van der Waals surface area contributed by atoms with Crippen molar-refractivity contribution in [3.8, 4) is 5.75 Å². The first-order chi connectivity index (χ1) is 6.19. The summed E-state index contributed by atoms with van der Waals surface area (Å²) in [6.07, 6.45) is 0. The van der Waals surface area contributed by atoms with Crippen molar-refractivity contribution in [1.29, 1.82) is 0 Å². The van der Waals surface area contributed by atoms with Crippen molar-refractivity contribution in [2.45, 2.75) is 0 Å². The average Bonchev–Trinajstić information content (AvgIpc) is 2.16. The molecule has 0 radical (unpaired) electrons. The van der Waals surface area contributed by atoms with E-state index >= 15 is 0 Å². The molecule has 4 N–H and O–H groups in total. The number of hydrogen-bond acceptors (Lipinski definition) is 4. The van der Waals surface area contributed by atoms with E-state index in [4.69, 9.17) is 15.7 Å². The molecule has 78 valence electrons. The number of nitrogens with one attached hydrogen (secondary N) is 1. The van der Waals surface area contributed by atoms with Crippen LogP contribution < -0.4 is 16.0 Å². The Kier molecular flexibility index (Phi) is 4.76. The summed E-state index contributed by atoms with van der Waals surface area (Å²) in [5, 5.41) is 8.66. The number of benzene rings is 1. The number of halogens is 1. The van der Waals surface area contributed by atoms with Gasteiger partial charge in [-0.15, -0.1) is 12.4 Å². The summed E-state index contributed by atoms with van der Waals surface area (Å²) in [5.74, 6) is 4.58. The maximum absolute atomic E-state index is 10.6. The lowest BCUT2D eigenvalue weighted by Gasteiger charge is -2.07. The molecule has 0 spiro atoms. The van der Waals surface area contributed by atoms with Gasteiger partial charge in [-0.3, -0.25) is 5.84 Å². The van der Waals surface area contributed by atoms with E-state index in [1.165, 1.54) is 19.2 Å². The highest BCUT2D eigenvalue weighted by Gasteiger charge is 2.07. The lowest BCUT2D eigenvalue weighted by atomic mass is 10.2. The Bertz CT molecular complexity index is 330. The molecule has 0 aromatic heterocycles. The molecule has 0 heterocycles. The maximum atomic E-state index is 10.6. The normalized spacial score (nSPS) is 8.71. The van der Waals surface area contributed by atoms with Gasteiger partial charge in [-0.2, -0.15) is 0 Å². The number of methoxy groups -OCH3 is 1. The monoisotopic (exact) mass is 218 g/mol. The van der Waals surface area contributed by atoms with Crippen LogP contribution in [0.15, 0.2) is 18.2 Å². The van der Waals surface area contributed by atoms with Crippen molar-refractivity contribution in [2.75, 3.05) is 12.5 Å². The van der Waals surface area contributed by atoms with Crippen molar-refractivity contribution in [3.05, 3.63) is 23.8 Å². The van der Waals surface area contributed by atoms with Crippen LogP contribution in [0, 0.1) is 0 Å². The molecule has 1 aromatic carbocycles.